The van der Waals surface area contributed by atoms with Gasteiger partial charge < -0.3 is 10.9 Å². The molecule has 0 unspecified atom stereocenters. The molecule has 0 spiro atoms. The molecule has 1 aromatic rings. The second-order valence-corrected chi connectivity index (χ2v) is 3.87. The van der Waals surface area contributed by atoms with Crippen molar-refractivity contribution in [3.05, 3.63) is 23.8 Å². The van der Waals surface area contributed by atoms with Crippen LogP contribution in [0.4, 0.5) is 0 Å². The Balaban J connectivity index is 2.74. The maximum atomic E-state index is 8.43. The maximum absolute atomic E-state index is 8.43. The van der Waals surface area contributed by atoms with Crippen molar-refractivity contribution in [2.45, 2.75) is 26.7 Å². The fourth-order valence-corrected chi connectivity index (χ4v) is 1.29. The number of nitrogens with two attached hydrogens (primary N) is 1. The first-order valence-electron chi connectivity index (χ1n) is 4.88. The fourth-order valence-electron chi connectivity index (χ4n) is 1.29. The highest BCUT2D eigenvalue weighted by Crippen LogP contribution is 2.06. The summed E-state index contributed by atoms with van der Waals surface area (Å²) in [5, 5.41) is 11.3. The maximum Gasteiger partial charge on any atom is 0.145 e. The third-order valence-corrected chi connectivity index (χ3v) is 1.89. The minimum atomic E-state index is 0.157. The smallest absolute Gasteiger partial charge is 0.145 e. The summed E-state index contributed by atoms with van der Waals surface area (Å²) in [5.41, 5.74) is 7.16. The Labute approximate surface area is 89.0 Å². The van der Waals surface area contributed by atoms with E-state index in [-0.39, 0.29) is 5.84 Å². The Morgan fingerprint density at radius 2 is 2.13 bits per heavy atom. The Kier molecular flexibility index (Phi) is 4.03. The molecule has 5 heteroatoms. The monoisotopic (exact) mass is 208 g/mol. The summed E-state index contributed by atoms with van der Waals surface area (Å²) in [6.45, 7) is 4.26. The summed E-state index contributed by atoms with van der Waals surface area (Å²) in [6.07, 6.45) is 2.77. The molecule has 0 aliphatic heterocycles. The van der Waals surface area contributed by atoms with Gasteiger partial charge in [-0.2, -0.15) is 0 Å². The Bertz CT molecular complexity index is 349. The molecule has 0 amide bonds. The highest BCUT2D eigenvalue weighted by Gasteiger charge is 2.03. The number of hydrogen-bond donors (Lipinski definition) is 2. The van der Waals surface area contributed by atoms with Gasteiger partial charge in [0.15, 0.2) is 0 Å². The molecule has 82 valence electrons. The molecule has 0 aliphatic carbocycles. The standard InChI is InChI=1S/C10H16N4O/c1-7(2)3-8-4-9(13-6-12-8)5-10(11)14-15/h4,6-7,15H,3,5H2,1-2H3,(H2,11,14). The van der Waals surface area contributed by atoms with Crippen LogP contribution in [0.1, 0.15) is 25.2 Å². The van der Waals surface area contributed by atoms with Gasteiger partial charge in [0.1, 0.15) is 12.2 Å². The van der Waals surface area contributed by atoms with Crippen LogP contribution in [0.3, 0.4) is 0 Å². The van der Waals surface area contributed by atoms with Crippen LogP contribution in [-0.2, 0) is 12.8 Å². The third-order valence-electron chi connectivity index (χ3n) is 1.89. The van der Waals surface area contributed by atoms with Gasteiger partial charge in [-0.1, -0.05) is 19.0 Å². The lowest BCUT2D eigenvalue weighted by Gasteiger charge is -2.05. The number of oxime groups is 1. The predicted molar refractivity (Wildman–Crippen MR) is 57.7 cm³/mol. The van der Waals surface area contributed by atoms with Crippen molar-refractivity contribution in [3.63, 3.8) is 0 Å². The molecule has 1 aromatic heterocycles. The second-order valence-electron chi connectivity index (χ2n) is 3.87. The highest BCUT2D eigenvalue weighted by molar-refractivity contribution is 5.81. The molecule has 0 atom stereocenters. The van der Waals surface area contributed by atoms with Gasteiger partial charge in [0.2, 0.25) is 0 Å². The van der Waals surface area contributed by atoms with E-state index in [0.717, 1.165) is 17.8 Å². The fraction of sp³-hybridized carbons (Fsp3) is 0.500. The van der Waals surface area contributed by atoms with Gasteiger partial charge in [-0.15, -0.1) is 0 Å². The molecule has 3 N–H and O–H groups in total. The van der Waals surface area contributed by atoms with Crippen LogP contribution in [0.15, 0.2) is 17.5 Å². The van der Waals surface area contributed by atoms with E-state index in [1.54, 1.807) is 0 Å². The molecule has 1 heterocycles. The zero-order valence-corrected chi connectivity index (χ0v) is 9.01. The van der Waals surface area contributed by atoms with Crippen molar-refractivity contribution in [1.29, 1.82) is 0 Å². The summed E-state index contributed by atoms with van der Waals surface area (Å²) in [6, 6.07) is 1.89. The predicted octanol–water partition coefficient (Wildman–Crippen LogP) is 0.964. The summed E-state index contributed by atoms with van der Waals surface area (Å²) in [7, 11) is 0. The van der Waals surface area contributed by atoms with Crippen LogP contribution >= 0.6 is 0 Å². The van der Waals surface area contributed by atoms with Crippen molar-refractivity contribution in [2.75, 3.05) is 0 Å². The average molecular weight is 208 g/mol. The van der Waals surface area contributed by atoms with Crippen LogP contribution in [0.5, 0.6) is 0 Å². The lowest BCUT2D eigenvalue weighted by molar-refractivity contribution is 0.317. The van der Waals surface area contributed by atoms with E-state index in [4.69, 9.17) is 10.9 Å². The Morgan fingerprint density at radius 1 is 1.47 bits per heavy atom. The zero-order chi connectivity index (χ0) is 11.3. The molecule has 0 aromatic carbocycles. The summed E-state index contributed by atoms with van der Waals surface area (Å²) in [4.78, 5) is 8.21. The molecule has 15 heavy (non-hydrogen) atoms. The van der Waals surface area contributed by atoms with E-state index < -0.39 is 0 Å². The highest BCUT2D eigenvalue weighted by atomic mass is 16.4. The van der Waals surface area contributed by atoms with Gasteiger partial charge in [-0.3, -0.25) is 0 Å². The van der Waals surface area contributed by atoms with Crippen molar-refractivity contribution >= 4 is 5.84 Å². The number of hydrogen-bond acceptors (Lipinski definition) is 4. The van der Waals surface area contributed by atoms with E-state index in [2.05, 4.69) is 29.0 Å². The first-order valence-corrected chi connectivity index (χ1v) is 4.88. The summed E-state index contributed by atoms with van der Waals surface area (Å²) >= 11 is 0. The van der Waals surface area contributed by atoms with E-state index in [0.29, 0.717) is 12.3 Å². The number of nitrogens with zero attached hydrogens (tertiary/aromatic N) is 3. The second kappa shape index (κ2) is 5.29. The Hall–Kier alpha value is -1.65. The van der Waals surface area contributed by atoms with Gasteiger partial charge in [0.25, 0.3) is 0 Å². The van der Waals surface area contributed by atoms with Crippen LogP contribution in [0, 0.1) is 5.92 Å². The van der Waals surface area contributed by atoms with Crippen LogP contribution in [0.2, 0.25) is 0 Å². The molecule has 0 radical (unpaired) electrons. The molecule has 5 nitrogen and oxygen atoms in total. The summed E-state index contributed by atoms with van der Waals surface area (Å²) < 4.78 is 0. The largest absolute Gasteiger partial charge is 0.409 e. The first kappa shape index (κ1) is 11.4. The van der Waals surface area contributed by atoms with E-state index in [1.165, 1.54) is 6.33 Å². The lowest BCUT2D eigenvalue weighted by Crippen LogP contribution is -2.16. The molecule has 0 saturated heterocycles. The number of rotatable bonds is 4. The average Bonchev–Trinajstić information content (AvgIpc) is 2.17. The van der Waals surface area contributed by atoms with Crippen molar-refractivity contribution in [1.82, 2.24) is 9.97 Å². The molecular formula is C10H16N4O. The molecular weight excluding hydrogens is 192 g/mol. The molecule has 0 bridgehead atoms. The van der Waals surface area contributed by atoms with Gasteiger partial charge in [-0.05, 0) is 18.4 Å². The summed E-state index contributed by atoms with van der Waals surface area (Å²) in [5.74, 6) is 0.709. The van der Waals surface area contributed by atoms with Crippen LogP contribution in [-0.4, -0.2) is 21.0 Å². The minimum Gasteiger partial charge on any atom is -0.409 e. The van der Waals surface area contributed by atoms with Crippen LogP contribution in [0.25, 0.3) is 0 Å². The first-order chi connectivity index (χ1) is 7.11. The van der Waals surface area contributed by atoms with E-state index in [9.17, 15) is 0 Å². The van der Waals surface area contributed by atoms with Crippen molar-refractivity contribution < 1.29 is 5.21 Å². The normalized spacial score (nSPS) is 12.1. The number of amidine groups is 1. The van der Waals surface area contributed by atoms with Gasteiger partial charge >= 0.3 is 0 Å². The molecule has 0 saturated carbocycles. The van der Waals surface area contributed by atoms with Gasteiger partial charge in [-0.25, -0.2) is 9.97 Å². The quantitative estimate of drug-likeness (QED) is 0.334. The van der Waals surface area contributed by atoms with Crippen LogP contribution < -0.4 is 5.73 Å². The SMILES string of the molecule is CC(C)Cc1cc(C/C(N)=N/O)ncn1. The Morgan fingerprint density at radius 3 is 2.73 bits per heavy atom. The van der Waals surface area contributed by atoms with Crippen molar-refractivity contribution in [3.8, 4) is 0 Å². The van der Waals surface area contributed by atoms with Gasteiger partial charge in [0.05, 0.1) is 12.1 Å². The van der Waals surface area contributed by atoms with E-state index >= 15 is 0 Å². The molecule has 0 fully saturated rings. The minimum absolute atomic E-state index is 0.157. The number of aromatic nitrogens is 2. The lowest BCUT2D eigenvalue weighted by atomic mass is 10.1. The van der Waals surface area contributed by atoms with E-state index in [1.807, 2.05) is 6.07 Å². The van der Waals surface area contributed by atoms with Crippen molar-refractivity contribution in [2.24, 2.45) is 16.8 Å². The molecule has 1 rings (SSSR count). The molecule has 0 aliphatic rings. The zero-order valence-electron chi connectivity index (χ0n) is 9.01. The van der Waals surface area contributed by atoms with Gasteiger partial charge in [0, 0.05) is 5.69 Å². The topological polar surface area (TPSA) is 84.4 Å². The third kappa shape index (κ3) is 3.93.